The van der Waals surface area contributed by atoms with E-state index >= 15 is 0 Å². The Bertz CT molecular complexity index is 522. The fraction of sp³-hybridized carbons (Fsp3) is 0.650. The first-order chi connectivity index (χ1) is 12.3. The lowest BCUT2D eigenvalue weighted by atomic mass is 10.2. The second kappa shape index (κ2) is 11.0. The largest absolute Gasteiger partial charge is 0.492 e. The van der Waals surface area contributed by atoms with Crippen molar-refractivity contribution in [1.82, 2.24) is 15.1 Å². The summed E-state index contributed by atoms with van der Waals surface area (Å²) in [6, 6.07) is 8.26. The van der Waals surface area contributed by atoms with Crippen LogP contribution in [0.25, 0.3) is 0 Å². The third kappa shape index (κ3) is 6.24. The Morgan fingerprint density at radius 1 is 1.16 bits per heavy atom. The second-order valence-corrected chi connectivity index (χ2v) is 6.35. The third-order valence-electron chi connectivity index (χ3n) is 4.67. The summed E-state index contributed by atoms with van der Waals surface area (Å²) in [5.41, 5.74) is 1.15. The van der Waals surface area contributed by atoms with E-state index in [4.69, 9.17) is 9.73 Å². The highest BCUT2D eigenvalue weighted by Gasteiger charge is 2.15. The lowest BCUT2D eigenvalue weighted by Crippen LogP contribution is -2.39. The molecular weight excluding hydrogens is 312 g/mol. The van der Waals surface area contributed by atoms with E-state index in [0.717, 1.165) is 56.5 Å². The van der Waals surface area contributed by atoms with E-state index in [-0.39, 0.29) is 0 Å². The Labute approximate surface area is 153 Å². The minimum absolute atomic E-state index is 0.653. The van der Waals surface area contributed by atoms with E-state index in [9.17, 15) is 0 Å². The highest BCUT2D eigenvalue weighted by atomic mass is 16.5. The number of nitrogens with one attached hydrogen (secondary N) is 1. The molecule has 5 nitrogen and oxygen atoms in total. The van der Waals surface area contributed by atoms with Gasteiger partial charge in [-0.25, -0.2) is 4.99 Å². The number of ether oxygens (including phenoxy) is 1. The predicted octanol–water partition coefficient (Wildman–Crippen LogP) is 2.97. The second-order valence-electron chi connectivity index (χ2n) is 6.35. The van der Waals surface area contributed by atoms with Crippen molar-refractivity contribution in [3.05, 3.63) is 29.8 Å². The van der Waals surface area contributed by atoms with Crippen LogP contribution in [0.3, 0.4) is 0 Å². The number of para-hydroxylation sites is 1. The molecule has 1 aromatic rings. The molecule has 5 heteroatoms. The van der Waals surface area contributed by atoms with E-state index < -0.39 is 0 Å². The van der Waals surface area contributed by atoms with Crippen molar-refractivity contribution >= 4 is 5.96 Å². The van der Waals surface area contributed by atoms with Crippen LogP contribution in [0, 0.1) is 0 Å². The van der Waals surface area contributed by atoms with Gasteiger partial charge in [-0.15, -0.1) is 0 Å². The Balaban J connectivity index is 1.97. The molecule has 0 amide bonds. The summed E-state index contributed by atoms with van der Waals surface area (Å²) in [5.74, 6) is 1.98. The number of likely N-dealkylation sites (N-methyl/N-ethyl adjacent to an activating group) is 1. The molecule has 1 fully saturated rings. The summed E-state index contributed by atoms with van der Waals surface area (Å²) >= 11 is 0. The third-order valence-corrected chi connectivity index (χ3v) is 4.67. The molecule has 0 bridgehead atoms. The zero-order chi connectivity index (χ0) is 17.9. The van der Waals surface area contributed by atoms with Crippen molar-refractivity contribution in [3.63, 3.8) is 0 Å². The van der Waals surface area contributed by atoms with Gasteiger partial charge in [0.1, 0.15) is 12.4 Å². The van der Waals surface area contributed by atoms with E-state index in [0.29, 0.717) is 13.2 Å². The van der Waals surface area contributed by atoms with Gasteiger partial charge in [0.2, 0.25) is 0 Å². The quantitative estimate of drug-likeness (QED) is 0.551. The lowest BCUT2D eigenvalue weighted by Gasteiger charge is -2.21. The molecule has 0 unspecified atom stereocenters. The molecule has 0 aliphatic carbocycles. The van der Waals surface area contributed by atoms with Crippen LogP contribution in [0.15, 0.2) is 29.3 Å². The number of aliphatic imine (C=N–C) groups is 1. The molecule has 140 valence electrons. The van der Waals surface area contributed by atoms with Crippen molar-refractivity contribution < 1.29 is 4.74 Å². The molecule has 0 aromatic heterocycles. The minimum Gasteiger partial charge on any atom is -0.492 e. The van der Waals surface area contributed by atoms with Gasteiger partial charge in [0.25, 0.3) is 0 Å². The lowest BCUT2D eigenvalue weighted by molar-refractivity contribution is 0.221. The number of guanidine groups is 1. The van der Waals surface area contributed by atoms with Gasteiger partial charge in [-0.1, -0.05) is 32.0 Å². The molecule has 0 atom stereocenters. The number of likely N-dealkylation sites (tertiary alicyclic amines) is 1. The monoisotopic (exact) mass is 346 g/mol. The molecule has 2 rings (SSSR count). The predicted molar refractivity (Wildman–Crippen MR) is 105 cm³/mol. The smallest absolute Gasteiger partial charge is 0.194 e. The van der Waals surface area contributed by atoms with Crippen LogP contribution in [-0.2, 0) is 6.54 Å². The van der Waals surface area contributed by atoms with Crippen LogP contribution < -0.4 is 10.1 Å². The first kappa shape index (κ1) is 19.6. The van der Waals surface area contributed by atoms with Crippen LogP contribution in [0.2, 0.25) is 0 Å². The van der Waals surface area contributed by atoms with E-state index in [1.807, 2.05) is 6.07 Å². The average molecular weight is 347 g/mol. The van der Waals surface area contributed by atoms with Crippen molar-refractivity contribution in [1.29, 1.82) is 0 Å². The van der Waals surface area contributed by atoms with E-state index in [1.54, 1.807) is 0 Å². The van der Waals surface area contributed by atoms with Crippen molar-refractivity contribution in [2.24, 2.45) is 4.99 Å². The first-order valence-corrected chi connectivity index (χ1v) is 9.74. The first-order valence-electron chi connectivity index (χ1n) is 9.74. The van der Waals surface area contributed by atoms with Gasteiger partial charge in [0.05, 0.1) is 6.54 Å². The molecule has 25 heavy (non-hydrogen) atoms. The maximum atomic E-state index is 6.04. The van der Waals surface area contributed by atoms with E-state index in [2.05, 4.69) is 54.1 Å². The summed E-state index contributed by atoms with van der Waals surface area (Å²) in [7, 11) is 0. The Kier molecular flexibility index (Phi) is 8.60. The van der Waals surface area contributed by atoms with Gasteiger partial charge >= 0.3 is 0 Å². The molecule has 1 aromatic carbocycles. The van der Waals surface area contributed by atoms with Gasteiger partial charge in [-0.3, -0.25) is 0 Å². The maximum Gasteiger partial charge on any atom is 0.194 e. The zero-order valence-electron chi connectivity index (χ0n) is 16.1. The van der Waals surface area contributed by atoms with Crippen molar-refractivity contribution in [2.75, 3.05) is 45.9 Å². The number of benzene rings is 1. The van der Waals surface area contributed by atoms with Crippen LogP contribution in [0.5, 0.6) is 5.75 Å². The van der Waals surface area contributed by atoms with Crippen LogP contribution in [-0.4, -0.2) is 61.6 Å². The zero-order valence-corrected chi connectivity index (χ0v) is 16.1. The van der Waals surface area contributed by atoms with Crippen molar-refractivity contribution in [3.8, 4) is 5.75 Å². The Hall–Kier alpha value is -1.75. The number of hydrogen-bond acceptors (Lipinski definition) is 3. The molecule has 0 spiro atoms. The summed E-state index contributed by atoms with van der Waals surface area (Å²) in [5, 5.41) is 3.42. The molecule has 1 aliphatic rings. The highest BCUT2D eigenvalue weighted by Crippen LogP contribution is 2.19. The normalized spacial score (nSPS) is 15.0. The molecule has 0 saturated carbocycles. The maximum absolute atomic E-state index is 6.04. The molecule has 1 saturated heterocycles. The summed E-state index contributed by atoms with van der Waals surface area (Å²) < 4.78 is 6.04. The number of nitrogens with zero attached hydrogens (tertiary/aromatic N) is 3. The molecule has 1 heterocycles. The standard InChI is InChI=1S/C20H34N4O/c1-4-21-20(24-13-9-10-14-24)22-17-18-11-7-8-12-19(18)25-16-15-23(5-2)6-3/h7-8,11-12H,4-6,9-10,13-17H2,1-3H3,(H,21,22). The molecular formula is C20H34N4O. The fourth-order valence-corrected chi connectivity index (χ4v) is 3.11. The van der Waals surface area contributed by atoms with Gasteiger partial charge in [0, 0.05) is 31.7 Å². The summed E-state index contributed by atoms with van der Waals surface area (Å²) in [6.45, 7) is 14.1. The van der Waals surface area contributed by atoms with E-state index in [1.165, 1.54) is 12.8 Å². The number of rotatable bonds is 9. The van der Waals surface area contributed by atoms with Crippen LogP contribution in [0.4, 0.5) is 0 Å². The van der Waals surface area contributed by atoms with Gasteiger partial charge < -0.3 is 19.9 Å². The average Bonchev–Trinajstić information content (AvgIpc) is 3.18. The molecule has 0 radical (unpaired) electrons. The van der Waals surface area contributed by atoms with Crippen LogP contribution >= 0.6 is 0 Å². The SMILES string of the molecule is CCNC(=NCc1ccccc1OCCN(CC)CC)N1CCCC1. The topological polar surface area (TPSA) is 40.1 Å². The highest BCUT2D eigenvalue weighted by molar-refractivity contribution is 5.80. The number of hydrogen-bond donors (Lipinski definition) is 1. The fourth-order valence-electron chi connectivity index (χ4n) is 3.11. The summed E-state index contributed by atoms with van der Waals surface area (Å²) in [6.07, 6.45) is 2.52. The molecule has 1 aliphatic heterocycles. The van der Waals surface area contributed by atoms with Gasteiger partial charge in [0.15, 0.2) is 5.96 Å². The van der Waals surface area contributed by atoms with Gasteiger partial charge in [-0.05, 0) is 38.9 Å². The van der Waals surface area contributed by atoms with Gasteiger partial charge in [-0.2, -0.15) is 0 Å². The molecule has 1 N–H and O–H groups in total. The van der Waals surface area contributed by atoms with Crippen LogP contribution in [0.1, 0.15) is 39.2 Å². The Morgan fingerprint density at radius 2 is 1.88 bits per heavy atom. The Morgan fingerprint density at radius 3 is 2.56 bits per heavy atom. The summed E-state index contributed by atoms with van der Waals surface area (Å²) in [4.78, 5) is 9.57. The minimum atomic E-state index is 0.653. The van der Waals surface area contributed by atoms with Crippen molar-refractivity contribution in [2.45, 2.75) is 40.2 Å².